The van der Waals surface area contributed by atoms with Crippen LogP contribution in [0.25, 0.3) is 0 Å². The molecule has 0 radical (unpaired) electrons. The van der Waals surface area contributed by atoms with Crippen LogP contribution in [0.3, 0.4) is 0 Å². The zero-order valence-corrected chi connectivity index (χ0v) is 8.71. The molecule has 1 rings (SSSR count). The number of aliphatic carboxylic acids is 1. The van der Waals surface area contributed by atoms with Crippen LogP contribution in [0.5, 0.6) is 0 Å². The van der Waals surface area contributed by atoms with Gasteiger partial charge >= 0.3 is 11.8 Å². The third kappa shape index (κ3) is 3.02. The molecule has 8 nitrogen and oxygen atoms in total. The molecule has 8 heteroatoms. The number of nitro groups is 1. The van der Waals surface area contributed by atoms with Gasteiger partial charge in [0, 0.05) is 13.5 Å². The summed E-state index contributed by atoms with van der Waals surface area (Å²) < 4.78 is 1.43. The fraction of sp³-hybridized carbons (Fsp3) is 0.500. The smallest absolute Gasteiger partial charge is 0.342 e. The van der Waals surface area contributed by atoms with Gasteiger partial charge in [0.05, 0.1) is 6.54 Å². The van der Waals surface area contributed by atoms with Crippen molar-refractivity contribution in [3.8, 4) is 0 Å². The Morgan fingerprint density at radius 1 is 1.75 bits per heavy atom. The van der Waals surface area contributed by atoms with E-state index in [2.05, 4.69) is 10.3 Å². The first-order chi connectivity index (χ1) is 7.52. The fourth-order valence-corrected chi connectivity index (χ4v) is 1.26. The molecule has 0 aromatic carbocycles. The van der Waals surface area contributed by atoms with Crippen LogP contribution < -0.4 is 5.32 Å². The molecule has 1 aromatic rings. The lowest BCUT2D eigenvalue weighted by Gasteiger charge is -2.03. The lowest BCUT2D eigenvalue weighted by atomic mass is 10.5. The highest BCUT2D eigenvalue weighted by atomic mass is 16.6. The van der Waals surface area contributed by atoms with Gasteiger partial charge in [0.15, 0.2) is 5.82 Å². The number of carboxylic acid groups (broad SMARTS) is 1. The normalized spacial score (nSPS) is 10.3. The highest BCUT2D eigenvalue weighted by Gasteiger charge is 2.16. The molecule has 0 saturated heterocycles. The van der Waals surface area contributed by atoms with E-state index in [-0.39, 0.29) is 12.4 Å². The average Bonchev–Trinajstić information content (AvgIpc) is 2.54. The van der Waals surface area contributed by atoms with Crippen LogP contribution in [0, 0.1) is 17.0 Å². The molecule has 0 fully saturated rings. The number of hydrogen-bond donors (Lipinski definition) is 2. The SMILES string of the molecule is Cc1ncc([N+](=O)[O-])n1CCNCC(=O)O. The van der Waals surface area contributed by atoms with Gasteiger partial charge < -0.3 is 20.5 Å². The van der Waals surface area contributed by atoms with Crippen LogP contribution in [-0.2, 0) is 11.3 Å². The predicted octanol–water partition coefficient (Wildman–Crippen LogP) is -0.226. The molecule has 0 aliphatic heterocycles. The summed E-state index contributed by atoms with van der Waals surface area (Å²) in [5.74, 6) is -0.518. The highest BCUT2D eigenvalue weighted by molar-refractivity contribution is 5.68. The van der Waals surface area contributed by atoms with Gasteiger partial charge in [-0.3, -0.25) is 4.79 Å². The van der Waals surface area contributed by atoms with Crippen molar-refractivity contribution in [2.24, 2.45) is 0 Å². The van der Waals surface area contributed by atoms with Gasteiger partial charge in [-0.05, 0) is 4.92 Å². The number of hydrogen-bond acceptors (Lipinski definition) is 5. The number of rotatable bonds is 6. The van der Waals surface area contributed by atoms with E-state index < -0.39 is 10.9 Å². The molecule has 0 atom stereocenters. The molecule has 16 heavy (non-hydrogen) atoms. The first kappa shape index (κ1) is 12.1. The largest absolute Gasteiger partial charge is 0.480 e. The molecule has 0 saturated carbocycles. The van der Waals surface area contributed by atoms with Gasteiger partial charge in [0.1, 0.15) is 12.7 Å². The summed E-state index contributed by atoms with van der Waals surface area (Å²) in [5.41, 5.74) is 0. The molecular formula is C8H12N4O4. The third-order valence-electron chi connectivity index (χ3n) is 2.01. The molecule has 0 aliphatic rings. The lowest BCUT2D eigenvalue weighted by molar-refractivity contribution is -0.392. The van der Waals surface area contributed by atoms with Crippen molar-refractivity contribution < 1.29 is 14.8 Å². The Labute approximate surface area is 91.1 Å². The number of aryl methyl sites for hydroxylation is 1. The van der Waals surface area contributed by atoms with Gasteiger partial charge in [0.2, 0.25) is 0 Å². The number of carbonyl (C=O) groups is 1. The molecule has 0 unspecified atom stereocenters. The van der Waals surface area contributed by atoms with Crippen molar-refractivity contribution in [1.29, 1.82) is 0 Å². The summed E-state index contributed by atoms with van der Waals surface area (Å²) in [6.45, 7) is 2.14. The standard InChI is InChI=1S/C8H12N4O4/c1-6-10-4-7(12(15)16)11(6)3-2-9-5-8(13)14/h4,9H,2-3,5H2,1H3,(H,13,14). The minimum Gasteiger partial charge on any atom is -0.480 e. The van der Waals surface area contributed by atoms with Gasteiger partial charge in [-0.2, -0.15) is 0 Å². The van der Waals surface area contributed by atoms with Crippen LogP contribution in [0.15, 0.2) is 6.20 Å². The number of nitrogens with one attached hydrogen (secondary N) is 1. The Hall–Kier alpha value is -1.96. The second-order valence-corrected chi connectivity index (χ2v) is 3.14. The van der Waals surface area contributed by atoms with Crippen molar-refractivity contribution in [2.75, 3.05) is 13.1 Å². The molecule has 1 aromatic heterocycles. The molecule has 0 bridgehead atoms. The number of nitrogens with zero attached hydrogens (tertiary/aromatic N) is 3. The quantitative estimate of drug-likeness (QED) is 0.395. The Bertz CT molecular complexity index is 401. The molecule has 0 aliphatic carbocycles. The van der Waals surface area contributed by atoms with E-state index in [0.717, 1.165) is 0 Å². The summed E-state index contributed by atoms with van der Waals surface area (Å²) >= 11 is 0. The maximum Gasteiger partial charge on any atom is 0.342 e. The number of imidazole rings is 1. The molecule has 0 amide bonds. The summed E-state index contributed by atoms with van der Waals surface area (Å²) in [6, 6.07) is 0. The van der Waals surface area contributed by atoms with E-state index in [1.807, 2.05) is 0 Å². The van der Waals surface area contributed by atoms with Crippen LogP contribution in [0.1, 0.15) is 5.82 Å². The van der Waals surface area contributed by atoms with E-state index in [9.17, 15) is 14.9 Å². The third-order valence-corrected chi connectivity index (χ3v) is 2.01. The van der Waals surface area contributed by atoms with Crippen molar-refractivity contribution in [3.05, 3.63) is 22.1 Å². The Morgan fingerprint density at radius 2 is 2.44 bits per heavy atom. The van der Waals surface area contributed by atoms with Crippen molar-refractivity contribution in [2.45, 2.75) is 13.5 Å². The minimum atomic E-state index is -0.961. The van der Waals surface area contributed by atoms with Crippen molar-refractivity contribution in [1.82, 2.24) is 14.9 Å². The number of carboxylic acids is 1. The van der Waals surface area contributed by atoms with E-state index in [0.29, 0.717) is 18.9 Å². The maximum absolute atomic E-state index is 10.6. The Morgan fingerprint density at radius 3 is 3.00 bits per heavy atom. The summed E-state index contributed by atoms with van der Waals surface area (Å²) in [6.07, 6.45) is 1.19. The van der Waals surface area contributed by atoms with Gasteiger partial charge in [-0.1, -0.05) is 0 Å². The molecule has 0 spiro atoms. The van der Waals surface area contributed by atoms with Crippen LogP contribution in [0.4, 0.5) is 5.82 Å². The van der Waals surface area contributed by atoms with Crippen LogP contribution in [0.2, 0.25) is 0 Å². The maximum atomic E-state index is 10.6. The van der Waals surface area contributed by atoms with Crippen LogP contribution in [-0.4, -0.2) is 38.6 Å². The van der Waals surface area contributed by atoms with E-state index in [1.165, 1.54) is 10.8 Å². The molecule has 1 heterocycles. The Kier molecular flexibility index (Phi) is 3.95. The molecule has 88 valence electrons. The summed E-state index contributed by atoms with van der Waals surface area (Å²) in [5, 5.41) is 21.6. The minimum absolute atomic E-state index is 0.0883. The van der Waals surface area contributed by atoms with E-state index >= 15 is 0 Å². The van der Waals surface area contributed by atoms with Crippen molar-refractivity contribution in [3.63, 3.8) is 0 Å². The van der Waals surface area contributed by atoms with Gasteiger partial charge in [0.25, 0.3) is 0 Å². The Balaban J connectivity index is 2.56. The van der Waals surface area contributed by atoms with Crippen molar-refractivity contribution >= 4 is 11.8 Å². The fourth-order valence-electron chi connectivity index (χ4n) is 1.26. The summed E-state index contributed by atoms with van der Waals surface area (Å²) in [4.78, 5) is 24.1. The monoisotopic (exact) mass is 228 g/mol. The zero-order valence-electron chi connectivity index (χ0n) is 8.71. The van der Waals surface area contributed by atoms with E-state index in [4.69, 9.17) is 5.11 Å². The molecule has 2 N–H and O–H groups in total. The topological polar surface area (TPSA) is 110 Å². The van der Waals surface area contributed by atoms with E-state index in [1.54, 1.807) is 6.92 Å². The van der Waals surface area contributed by atoms with Gasteiger partial charge in [-0.15, -0.1) is 0 Å². The highest BCUT2D eigenvalue weighted by Crippen LogP contribution is 2.12. The second-order valence-electron chi connectivity index (χ2n) is 3.14. The molecular weight excluding hydrogens is 216 g/mol. The lowest BCUT2D eigenvalue weighted by Crippen LogP contribution is -2.26. The second kappa shape index (κ2) is 5.21. The zero-order chi connectivity index (χ0) is 12.1. The van der Waals surface area contributed by atoms with Gasteiger partial charge in [-0.25, -0.2) is 9.55 Å². The van der Waals surface area contributed by atoms with Crippen LogP contribution >= 0.6 is 0 Å². The number of aromatic nitrogens is 2. The predicted molar refractivity (Wildman–Crippen MR) is 54.1 cm³/mol. The first-order valence-corrected chi connectivity index (χ1v) is 4.61. The first-order valence-electron chi connectivity index (χ1n) is 4.61. The average molecular weight is 228 g/mol. The summed E-state index contributed by atoms with van der Waals surface area (Å²) in [7, 11) is 0.